The number of carbonyl (C=O) groups excluding carboxylic acids is 2. The molecule has 0 N–H and O–H groups in total. The normalized spacial score (nSPS) is 14.8. The molecule has 0 aromatic rings. The molecule has 0 aromatic carbocycles. The highest BCUT2D eigenvalue weighted by molar-refractivity contribution is 7.86. The molecule has 1 unspecified atom stereocenters. The van der Waals surface area contributed by atoms with Crippen LogP contribution in [0.4, 0.5) is 22.0 Å². The first-order chi connectivity index (χ1) is 13.0. The molecule has 0 rings (SSSR count). The second-order valence-corrected chi connectivity index (χ2v) is 7.46. The maximum absolute atomic E-state index is 13.8. The third-order valence-electron chi connectivity index (χ3n) is 3.32. The SMILES string of the molecule is C=C(C)C(=O)OC(OCC(F)(F)S(=O)(=O)[O-])(C(=O)N(CCC)CCC)C(F)(F)F. The first-order valence-corrected chi connectivity index (χ1v) is 9.59. The van der Waals surface area contributed by atoms with Crippen LogP contribution in [-0.4, -0.2) is 66.7 Å². The van der Waals surface area contributed by atoms with Crippen LogP contribution >= 0.6 is 0 Å². The van der Waals surface area contributed by atoms with Gasteiger partial charge in [0.05, 0.1) is 0 Å². The molecular formula is C15H21F5NO7S-. The van der Waals surface area contributed by atoms with Crippen LogP contribution in [0.15, 0.2) is 12.2 Å². The molecule has 0 spiro atoms. The molecule has 1 amide bonds. The molecule has 0 heterocycles. The largest absolute Gasteiger partial charge is 0.743 e. The van der Waals surface area contributed by atoms with Gasteiger partial charge in [0.2, 0.25) is 0 Å². The third-order valence-corrected chi connectivity index (χ3v) is 4.17. The number of hydrogen-bond acceptors (Lipinski definition) is 7. The van der Waals surface area contributed by atoms with Crippen molar-refractivity contribution in [3.05, 3.63) is 12.2 Å². The fraction of sp³-hybridized carbons (Fsp3) is 0.733. The summed E-state index contributed by atoms with van der Waals surface area (Å²) in [5.74, 6) is -8.47. The highest BCUT2D eigenvalue weighted by Crippen LogP contribution is 2.39. The Morgan fingerprint density at radius 3 is 1.83 bits per heavy atom. The Labute approximate surface area is 164 Å². The number of rotatable bonds is 11. The lowest BCUT2D eigenvalue weighted by Gasteiger charge is -2.37. The highest BCUT2D eigenvalue weighted by Gasteiger charge is 2.68. The minimum absolute atomic E-state index is 0.152. The van der Waals surface area contributed by atoms with Crippen molar-refractivity contribution in [1.82, 2.24) is 4.90 Å². The lowest BCUT2D eigenvalue weighted by molar-refractivity contribution is -0.356. The zero-order valence-corrected chi connectivity index (χ0v) is 16.7. The van der Waals surface area contributed by atoms with Crippen molar-refractivity contribution in [2.45, 2.75) is 50.8 Å². The molecule has 0 aliphatic heterocycles. The molecule has 0 aliphatic rings. The molecule has 0 saturated heterocycles. The van der Waals surface area contributed by atoms with E-state index in [4.69, 9.17) is 0 Å². The van der Waals surface area contributed by atoms with Crippen molar-refractivity contribution in [3.8, 4) is 0 Å². The first kappa shape index (κ1) is 27.2. The van der Waals surface area contributed by atoms with Gasteiger partial charge >= 0.3 is 29.1 Å². The summed E-state index contributed by atoms with van der Waals surface area (Å²) < 4.78 is 108. The van der Waals surface area contributed by atoms with E-state index < -0.39 is 51.4 Å². The number of esters is 1. The third kappa shape index (κ3) is 6.60. The van der Waals surface area contributed by atoms with E-state index in [1.807, 2.05) is 0 Å². The topological polar surface area (TPSA) is 113 Å². The Balaban J connectivity index is 6.44. The highest BCUT2D eigenvalue weighted by atomic mass is 32.2. The fourth-order valence-corrected chi connectivity index (χ4v) is 2.14. The Morgan fingerprint density at radius 1 is 1.07 bits per heavy atom. The van der Waals surface area contributed by atoms with E-state index in [1.165, 1.54) is 13.8 Å². The van der Waals surface area contributed by atoms with Crippen LogP contribution in [0.1, 0.15) is 33.6 Å². The van der Waals surface area contributed by atoms with Crippen LogP contribution in [0.2, 0.25) is 0 Å². The van der Waals surface area contributed by atoms with E-state index in [0.717, 1.165) is 6.92 Å². The van der Waals surface area contributed by atoms with Gasteiger partial charge in [-0.25, -0.2) is 13.2 Å². The summed E-state index contributed by atoms with van der Waals surface area (Å²) >= 11 is 0. The van der Waals surface area contributed by atoms with Crippen molar-refractivity contribution in [2.24, 2.45) is 0 Å². The van der Waals surface area contributed by atoms with Gasteiger partial charge in [0, 0.05) is 18.7 Å². The zero-order chi connectivity index (χ0) is 23.3. The number of halogens is 5. The van der Waals surface area contributed by atoms with Gasteiger partial charge in [-0.15, -0.1) is 0 Å². The number of carbonyl (C=O) groups is 2. The molecule has 170 valence electrons. The average Bonchev–Trinajstić information content (AvgIpc) is 2.55. The molecule has 8 nitrogen and oxygen atoms in total. The lowest BCUT2D eigenvalue weighted by Crippen LogP contribution is -2.63. The monoisotopic (exact) mass is 454 g/mol. The number of ether oxygens (including phenoxy) is 2. The summed E-state index contributed by atoms with van der Waals surface area (Å²) in [6.07, 6.45) is -5.60. The molecule has 0 bridgehead atoms. The van der Waals surface area contributed by atoms with E-state index in [9.17, 15) is 44.5 Å². The Kier molecular flexibility index (Phi) is 9.19. The average molecular weight is 454 g/mol. The Hall–Kier alpha value is -1.80. The van der Waals surface area contributed by atoms with Gasteiger partial charge in [-0.1, -0.05) is 20.4 Å². The number of hydrogen-bond donors (Lipinski definition) is 0. The minimum Gasteiger partial charge on any atom is -0.743 e. The Morgan fingerprint density at radius 2 is 1.52 bits per heavy atom. The summed E-state index contributed by atoms with van der Waals surface area (Å²) in [5, 5.41) is -5.33. The molecule has 0 saturated carbocycles. The van der Waals surface area contributed by atoms with Crippen LogP contribution in [0.5, 0.6) is 0 Å². The van der Waals surface area contributed by atoms with Gasteiger partial charge in [-0.3, -0.25) is 4.79 Å². The summed E-state index contributed by atoms with van der Waals surface area (Å²) in [6, 6.07) is 0. The van der Waals surface area contributed by atoms with Crippen molar-refractivity contribution in [1.29, 1.82) is 0 Å². The Bertz CT molecular complexity index is 717. The van der Waals surface area contributed by atoms with E-state index in [1.54, 1.807) is 0 Å². The van der Waals surface area contributed by atoms with Crippen molar-refractivity contribution < 1.29 is 54.0 Å². The lowest BCUT2D eigenvalue weighted by atomic mass is 10.2. The minimum atomic E-state index is -6.44. The summed E-state index contributed by atoms with van der Waals surface area (Å²) in [4.78, 5) is 24.9. The molecular weight excluding hydrogens is 433 g/mol. The van der Waals surface area contributed by atoms with Crippen LogP contribution in [0.3, 0.4) is 0 Å². The van der Waals surface area contributed by atoms with E-state index in [-0.39, 0.29) is 25.9 Å². The second-order valence-electron chi connectivity index (χ2n) is 5.96. The van der Waals surface area contributed by atoms with E-state index >= 15 is 0 Å². The van der Waals surface area contributed by atoms with Gasteiger partial charge in [-0.05, 0) is 19.8 Å². The molecule has 0 aromatic heterocycles. The van der Waals surface area contributed by atoms with Gasteiger partial charge in [0.15, 0.2) is 10.1 Å². The van der Waals surface area contributed by atoms with Crippen molar-refractivity contribution in [3.63, 3.8) is 0 Å². The standard InChI is InChI=1S/C15H22F5NO7S/c1-5-7-21(8-6-2)12(23)14(15(18,19)20,28-11(22)10(3)4)27-9-13(16,17)29(24,25)26/h3,5-9H2,1-2,4H3,(H,24,25,26)/p-1. The molecule has 14 heteroatoms. The van der Waals surface area contributed by atoms with Crippen LogP contribution in [0.25, 0.3) is 0 Å². The van der Waals surface area contributed by atoms with Crippen molar-refractivity contribution in [2.75, 3.05) is 19.7 Å². The van der Waals surface area contributed by atoms with E-state index in [2.05, 4.69) is 16.1 Å². The predicted molar refractivity (Wildman–Crippen MR) is 87.5 cm³/mol. The fourth-order valence-electron chi connectivity index (χ4n) is 1.93. The van der Waals surface area contributed by atoms with Crippen LogP contribution in [-0.2, 0) is 29.2 Å². The molecule has 1 atom stereocenters. The maximum atomic E-state index is 13.8. The van der Waals surface area contributed by atoms with Gasteiger partial charge in [0.25, 0.3) is 0 Å². The predicted octanol–water partition coefficient (Wildman–Crippen LogP) is 2.17. The van der Waals surface area contributed by atoms with Crippen molar-refractivity contribution >= 4 is 22.0 Å². The molecule has 29 heavy (non-hydrogen) atoms. The summed E-state index contributed by atoms with van der Waals surface area (Å²) in [7, 11) is -6.44. The zero-order valence-electron chi connectivity index (χ0n) is 15.8. The molecule has 0 radical (unpaired) electrons. The van der Waals surface area contributed by atoms with Crippen LogP contribution < -0.4 is 0 Å². The summed E-state index contributed by atoms with van der Waals surface area (Å²) in [5.41, 5.74) is -0.629. The smallest absolute Gasteiger partial charge is 0.466 e. The molecule has 0 fully saturated rings. The number of amides is 1. The molecule has 0 aliphatic carbocycles. The maximum Gasteiger partial charge on any atom is 0.466 e. The van der Waals surface area contributed by atoms with Gasteiger partial charge in [0.1, 0.15) is 6.61 Å². The van der Waals surface area contributed by atoms with Gasteiger partial charge in [-0.2, -0.15) is 22.0 Å². The quantitative estimate of drug-likeness (QED) is 0.155. The first-order valence-electron chi connectivity index (χ1n) is 8.19. The second kappa shape index (κ2) is 9.80. The van der Waals surface area contributed by atoms with Crippen LogP contribution in [0, 0.1) is 0 Å². The summed E-state index contributed by atoms with van der Waals surface area (Å²) in [6.45, 7) is 3.71. The van der Waals surface area contributed by atoms with Gasteiger partial charge < -0.3 is 18.9 Å². The van der Waals surface area contributed by atoms with E-state index in [0.29, 0.717) is 4.90 Å². The number of nitrogens with zero attached hydrogens (tertiary/aromatic N) is 1. The number of alkyl halides is 5.